The normalized spacial score (nSPS) is 14.7. The van der Waals surface area contributed by atoms with Crippen LogP contribution in [0.2, 0.25) is 10.0 Å². The zero-order valence-corrected chi connectivity index (χ0v) is 25.7. The molecule has 0 aromatic heterocycles. The lowest BCUT2D eigenvalue weighted by atomic mass is 10.0. The molecule has 4 rings (SSSR count). The first-order valence-electron chi connectivity index (χ1n) is 14.0. The maximum atomic E-state index is 13.3. The maximum absolute atomic E-state index is 13.3. The van der Waals surface area contributed by atoms with Gasteiger partial charge in [0.1, 0.15) is 6.17 Å². The van der Waals surface area contributed by atoms with Crippen LogP contribution >= 0.6 is 23.2 Å². The van der Waals surface area contributed by atoms with Gasteiger partial charge in [0.15, 0.2) is 11.9 Å². The van der Waals surface area contributed by atoms with Crippen molar-refractivity contribution >= 4 is 64.2 Å². The molecule has 0 aliphatic carbocycles. The molecule has 0 spiro atoms. The van der Waals surface area contributed by atoms with Crippen LogP contribution in [0.5, 0.6) is 0 Å². The predicted molar refractivity (Wildman–Crippen MR) is 171 cm³/mol. The molecule has 0 unspecified atom stereocenters. The Bertz CT molecular complexity index is 1570. The second kappa shape index (κ2) is 15.9. The van der Waals surface area contributed by atoms with E-state index in [1.807, 2.05) is 30.3 Å². The molecule has 3 aromatic carbocycles. The van der Waals surface area contributed by atoms with Crippen molar-refractivity contribution in [1.82, 2.24) is 16.0 Å². The van der Waals surface area contributed by atoms with E-state index in [0.717, 1.165) is 11.1 Å². The number of hydrogen-bond acceptors (Lipinski definition) is 8. The summed E-state index contributed by atoms with van der Waals surface area (Å²) in [5.41, 5.74) is 2.49. The molecule has 0 saturated carbocycles. The second-order valence-corrected chi connectivity index (χ2v) is 10.6. The summed E-state index contributed by atoms with van der Waals surface area (Å²) in [4.78, 5) is 55.1. The summed E-state index contributed by atoms with van der Waals surface area (Å²) < 4.78 is 18.3. The molecular weight excluding hydrogens is 626 g/mol. The number of aliphatic imine (C=N–C) groups is 1. The highest BCUT2D eigenvalue weighted by molar-refractivity contribution is 6.40. The first kappa shape index (κ1) is 33.2. The molecule has 0 radical (unpaired) electrons. The van der Waals surface area contributed by atoms with Gasteiger partial charge in [-0.25, -0.2) is 9.38 Å². The molecule has 0 bridgehead atoms. The van der Waals surface area contributed by atoms with Gasteiger partial charge in [0.2, 0.25) is 11.8 Å². The van der Waals surface area contributed by atoms with Crippen LogP contribution < -0.4 is 26.6 Å². The van der Waals surface area contributed by atoms with Crippen LogP contribution in [0.3, 0.4) is 0 Å². The van der Waals surface area contributed by atoms with Crippen LogP contribution in [-0.4, -0.2) is 68.6 Å². The SMILES string of the molecule is CCOC(=O)[C@@H](CNC(=O)CNC(=O)c1cccc(NC2=NC[C@@H](F)CN2)c1)C(=O)Nc1c(Cl)cc(-c2ccccc2)cc1Cl. The maximum Gasteiger partial charge on any atom is 0.320 e. The molecule has 14 heteroatoms. The predicted octanol–water partition coefficient (Wildman–Crippen LogP) is 4.03. The summed E-state index contributed by atoms with van der Waals surface area (Å²) in [6.07, 6.45) is -1.06. The minimum absolute atomic E-state index is 0.00754. The Morgan fingerprint density at radius 3 is 2.40 bits per heavy atom. The lowest BCUT2D eigenvalue weighted by molar-refractivity contribution is -0.150. The van der Waals surface area contributed by atoms with E-state index in [-0.39, 0.29) is 41.0 Å². The molecule has 3 aromatic rings. The number of nitrogens with one attached hydrogen (secondary N) is 5. The van der Waals surface area contributed by atoms with Gasteiger partial charge in [-0.05, 0) is 48.4 Å². The summed E-state index contributed by atoms with van der Waals surface area (Å²) in [5.74, 6) is -3.90. The van der Waals surface area contributed by atoms with E-state index < -0.39 is 48.9 Å². The molecule has 0 saturated heterocycles. The highest BCUT2D eigenvalue weighted by Crippen LogP contribution is 2.36. The number of nitrogens with zero attached hydrogens (tertiary/aromatic N) is 1. The van der Waals surface area contributed by atoms with E-state index in [9.17, 15) is 23.6 Å². The van der Waals surface area contributed by atoms with Crippen LogP contribution in [0, 0.1) is 5.92 Å². The number of guanidine groups is 1. The highest BCUT2D eigenvalue weighted by Gasteiger charge is 2.30. The number of carbonyl (C=O) groups excluding carboxylic acids is 4. The van der Waals surface area contributed by atoms with Crippen LogP contribution in [0.1, 0.15) is 17.3 Å². The van der Waals surface area contributed by atoms with E-state index in [0.29, 0.717) is 11.6 Å². The zero-order chi connectivity index (χ0) is 32.3. The Kier molecular flexibility index (Phi) is 11.7. The first-order chi connectivity index (χ1) is 21.6. The molecule has 1 aliphatic heterocycles. The van der Waals surface area contributed by atoms with Gasteiger partial charge in [-0.15, -0.1) is 0 Å². The Labute approximate surface area is 268 Å². The largest absolute Gasteiger partial charge is 0.465 e. The van der Waals surface area contributed by atoms with Crippen molar-refractivity contribution in [1.29, 1.82) is 0 Å². The third kappa shape index (κ3) is 9.40. The molecule has 45 heavy (non-hydrogen) atoms. The number of rotatable bonds is 11. The third-order valence-electron chi connectivity index (χ3n) is 6.52. The lowest BCUT2D eigenvalue weighted by Gasteiger charge is -2.19. The average Bonchev–Trinajstić information content (AvgIpc) is 3.03. The van der Waals surface area contributed by atoms with E-state index in [1.165, 1.54) is 0 Å². The van der Waals surface area contributed by atoms with E-state index in [1.54, 1.807) is 43.3 Å². The fourth-order valence-corrected chi connectivity index (χ4v) is 4.83. The number of alkyl halides is 1. The topological polar surface area (TPSA) is 150 Å². The van der Waals surface area contributed by atoms with Gasteiger partial charge in [-0.3, -0.25) is 19.2 Å². The molecule has 1 heterocycles. The fraction of sp³-hybridized carbons (Fsp3) is 0.258. The van der Waals surface area contributed by atoms with Gasteiger partial charge < -0.3 is 31.3 Å². The number of benzene rings is 3. The zero-order valence-electron chi connectivity index (χ0n) is 24.2. The summed E-state index contributed by atoms with van der Waals surface area (Å²) in [6, 6.07) is 19.1. The minimum Gasteiger partial charge on any atom is -0.465 e. The van der Waals surface area contributed by atoms with Gasteiger partial charge in [0.05, 0.1) is 42.0 Å². The van der Waals surface area contributed by atoms with Crippen molar-refractivity contribution in [2.45, 2.75) is 13.1 Å². The molecular formula is C31H31Cl2FN6O5. The first-order valence-corrected chi connectivity index (χ1v) is 14.8. The molecule has 0 fully saturated rings. The summed E-state index contributed by atoms with van der Waals surface area (Å²) in [5, 5.41) is 13.6. The Balaban J connectivity index is 1.34. The summed E-state index contributed by atoms with van der Waals surface area (Å²) >= 11 is 12.9. The number of carbonyl (C=O) groups is 4. The van der Waals surface area contributed by atoms with Gasteiger partial charge >= 0.3 is 5.97 Å². The number of amides is 3. The molecule has 5 N–H and O–H groups in total. The number of hydrogen-bond donors (Lipinski definition) is 5. The van der Waals surface area contributed by atoms with Crippen molar-refractivity contribution in [3.63, 3.8) is 0 Å². The molecule has 11 nitrogen and oxygen atoms in total. The van der Waals surface area contributed by atoms with Crippen molar-refractivity contribution in [2.75, 3.05) is 43.4 Å². The summed E-state index contributed by atoms with van der Waals surface area (Å²) in [6.45, 7) is 0.910. The fourth-order valence-electron chi connectivity index (χ4n) is 4.24. The van der Waals surface area contributed by atoms with Crippen molar-refractivity contribution in [3.05, 3.63) is 82.3 Å². The Morgan fingerprint density at radius 1 is 1.00 bits per heavy atom. The van der Waals surface area contributed by atoms with Crippen molar-refractivity contribution in [3.8, 4) is 11.1 Å². The van der Waals surface area contributed by atoms with Crippen molar-refractivity contribution in [2.24, 2.45) is 10.9 Å². The smallest absolute Gasteiger partial charge is 0.320 e. The van der Waals surface area contributed by atoms with Crippen LogP contribution in [0.25, 0.3) is 11.1 Å². The third-order valence-corrected chi connectivity index (χ3v) is 7.12. The quantitative estimate of drug-likeness (QED) is 0.154. The molecule has 236 valence electrons. The molecule has 2 atom stereocenters. The number of anilines is 2. The van der Waals surface area contributed by atoms with Crippen LogP contribution in [0.15, 0.2) is 71.7 Å². The van der Waals surface area contributed by atoms with Gasteiger partial charge in [-0.1, -0.05) is 59.6 Å². The second-order valence-electron chi connectivity index (χ2n) is 9.83. The highest BCUT2D eigenvalue weighted by atomic mass is 35.5. The Morgan fingerprint density at radius 2 is 1.73 bits per heavy atom. The Hall–Kier alpha value is -4.68. The van der Waals surface area contributed by atoms with E-state index >= 15 is 0 Å². The molecule has 1 aliphatic rings. The lowest BCUT2D eigenvalue weighted by Crippen LogP contribution is -2.44. The van der Waals surface area contributed by atoms with Crippen molar-refractivity contribution < 1.29 is 28.3 Å². The number of esters is 1. The van der Waals surface area contributed by atoms with Crippen LogP contribution in [0.4, 0.5) is 15.8 Å². The van der Waals surface area contributed by atoms with Gasteiger partial charge in [0, 0.05) is 17.8 Å². The standard InChI is InChI=1S/C31H31Cl2FN6O5/c1-2-45-30(44)23(29(43)40-27-24(32)12-20(13-25(27)33)18-7-4-3-5-8-18)16-35-26(41)17-36-28(42)19-9-6-10-22(11-19)39-31-37-14-21(34)15-38-31/h3-13,21,23H,2,14-17H2,1H3,(H,35,41)(H,36,42)(H,40,43)(H2,37,38,39)/t23-/m0/s1. The monoisotopic (exact) mass is 656 g/mol. The number of halogens is 3. The van der Waals surface area contributed by atoms with Crippen LogP contribution in [-0.2, 0) is 19.1 Å². The van der Waals surface area contributed by atoms with E-state index in [4.69, 9.17) is 27.9 Å². The average molecular weight is 658 g/mol. The van der Waals surface area contributed by atoms with E-state index in [2.05, 4.69) is 31.6 Å². The summed E-state index contributed by atoms with van der Waals surface area (Å²) in [7, 11) is 0. The number of ether oxygens (including phenoxy) is 1. The van der Waals surface area contributed by atoms with Gasteiger partial charge in [0.25, 0.3) is 5.91 Å². The minimum atomic E-state index is -1.43. The van der Waals surface area contributed by atoms with Gasteiger partial charge in [-0.2, -0.15) is 0 Å². The molecule has 3 amide bonds.